The van der Waals surface area contributed by atoms with Crippen LogP contribution in [0.25, 0.3) is 11.1 Å². The lowest BCUT2D eigenvalue weighted by atomic mass is 10.1. The van der Waals surface area contributed by atoms with Crippen LogP contribution in [0.2, 0.25) is 0 Å². The maximum absolute atomic E-state index is 9.44. The van der Waals surface area contributed by atoms with Gasteiger partial charge in [0.25, 0.3) is 0 Å². The molecule has 0 amide bonds. The van der Waals surface area contributed by atoms with Crippen LogP contribution in [0, 0.1) is 0 Å². The number of aromatic nitrogens is 1. The van der Waals surface area contributed by atoms with Gasteiger partial charge in [-0.05, 0) is 23.8 Å². The summed E-state index contributed by atoms with van der Waals surface area (Å²) in [5, 5.41) is 9.44. The molecular weight excluding hydrogens is 278 g/mol. The molecule has 2 nitrogen and oxygen atoms in total. The van der Waals surface area contributed by atoms with E-state index in [2.05, 4.69) is 30.0 Å². The predicted molar refractivity (Wildman–Crippen MR) is 64.0 cm³/mol. The Bertz CT molecular complexity index is 485. The summed E-state index contributed by atoms with van der Waals surface area (Å²) in [6.07, 6.45) is 5.29. The molecule has 90 valence electrons. The van der Waals surface area contributed by atoms with Crippen LogP contribution in [0.15, 0.2) is 48.8 Å². The number of hydrogen-bond acceptors (Lipinski definition) is 1. The Kier molecular flexibility index (Phi) is 5.16. The number of benzene rings is 1. The molecule has 0 bridgehead atoms. The summed E-state index contributed by atoms with van der Waals surface area (Å²) >= 11 is 0. The van der Waals surface area contributed by atoms with Gasteiger partial charge >= 0.3 is 0 Å². The fraction of sp³-hybridized carbons (Fsp3) is 0.214. The smallest absolute Gasteiger partial charge is 0.176 e. The van der Waals surface area contributed by atoms with Crippen LogP contribution in [-0.4, -0.2) is 5.11 Å². The number of nitrogens with zero attached hydrogens (tertiary/aromatic N) is 1. The molecule has 0 unspecified atom stereocenters. The molecule has 0 spiro atoms. The molecule has 0 aliphatic carbocycles. The van der Waals surface area contributed by atoms with Gasteiger partial charge in [0.05, 0.1) is 0 Å². The van der Waals surface area contributed by atoms with Crippen LogP contribution in [0.5, 0.6) is 5.75 Å². The number of phenolic OH excluding ortho intramolecular Hbond substituents is 1. The maximum atomic E-state index is 9.44. The van der Waals surface area contributed by atoms with Crippen LogP contribution in [-0.2, 0) is 6.54 Å². The molecule has 2 rings (SSSR count). The Morgan fingerprint density at radius 2 is 1.88 bits per heavy atom. The van der Waals surface area contributed by atoms with Gasteiger partial charge in [-0.2, -0.15) is 0 Å². The quantitative estimate of drug-likeness (QED) is 0.776. The van der Waals surface area contributed by atoms with E-state index in [4.69, 9.17) is 0 Å². The van der Waals surface area contributed by atoms with Crippen LogP contribution in [0.3, 0.4) is 0 Å². The SMILES string of the molecule is CCC[n+]1cccc(-c2cccc(O)c2)c1.[Br-]. The lowest BCUT2D eigenvalue weighted by molar-refractivity contribution is -0.696. The highest BCUT2D eigenvalue weighted by atomic mass is 79.9. The van der Waals surface area contributed by atoms with Crippen molar-refractivity contribution in [2.24, 2.45) is 0 Å². The lowest BCUT2D eigenvalue weighted by Gasteiger charge is -2.01. The topological polar surface area (TPSA) is 24.1 Å². The molecule has 1 aromatic carbocycles. The van der Waals surface area contributed by atoms with Gasteiger partial charge in [0, 0.05) is 18.1 Å². The number of halogens is 1. The van der Waals surface area contributed by atoms with Crippen molar-refractivity contribution in [1.82, 2.24) is 0 Å². The third-order valence-electron chi connectivity index (χ3n) is 2.52. The lowest BCUT2D eigenvalue weighted by Crippen LogP contribution is -3.00. The number of aryl methyl sites for hydroxylation is 1. The minimum atomic E-state index is 0. The molecule has 0 aliphatic rings. The van der Waals surface area contributed by atoms with Crippen LogP contribution in [0.1, 0.15) is 13.3 Å². The summed E-state index contributed by atoms with van der Waals surface area (Å²) in [4.78, 5) is 0. The van der Waals surface area contributed by atoms with Gasteiger partial charge in [-0.1, -0.05) is 19.1 Å². The van der Waals surface area contributed by atoms with Crippen molar-refractivity contribution in [3.63, 3.8) is 0 Å². The first-order valence-electron chi connectivity index (χ1n) is 5.58. The van der Waals surface area contributed by atoms with E-state index in [9.17, 15) is 5.11 Å². The van der Waals surface area contributed by atoms with Crippen molar-refractivity contribution >= 4 is 0 Å². The molecule has 0 atom stereocenters. The van der Waals surface area contributed by atoms with E-state index in [1.165, 1.54) is 0 Å². The predicted octanol–water partition coefficient (Wildman–Crippen LogP) is -0.239. The summed E-state index contributed by atoms with van der Waals surface area (Å²) in [7, 11) is 0. The molecule has 2 aromatic rings. The van der Waals surface area contributed by atoms with Gasteiger partial charge in [0.2, 0.25) is 0 Å². The van der Waals surface area contributed by atoms with E-state index in [0.717, 1.165) is 24.1 Å². The van der Waals surface area contributed by atoms with E-state index < -0.39 is 0 Å². The Morgan fingerprint density at radius 1 is 1.12 bits per heavy atom. The van der Waals surface area contributed by atoms with Crippen molar-refractivity contribution in [2.75, 3.05) is 0 Å². The van der Waals surface area contributed by atoms with E-state index in [1.54, 1.807) is 12.1 Å². The molecule has 1 N–H and O–H groups in total. The second-order valence-electron chi connectivity index (χ2n) is 3.88. The Morgan fingerprint density at radius 3 is 2.59 bits per heavy atom. The van der Waals surface area contributed by atoms with Crippen LogP contribution in [0.4, 0.5) is 0 Å². The van der Waals surface area contributed by atoms with E-state index >= 15 is 0 Å². The van der Waals surface area contributed by atoms with Gasteiger partial charge in [0.15, 0.2) is 12.4 Å². The summed E-state index contributed by atoms with van der Waals surface area (Å²) in [6, 6.07) is 11.4. The fourth-order valence-electron chi connectivity index (χ4n) is 1.78. The van der Waals surface area contributed by atoms with E-state index in [1.807, 2.05) is 18.2 Å². The minimum Gasteiger partial charge on any atom is -1.00 e. The van der Waals surface area contributed by atoms with Crippen LogP contribution < -0.4 is 21.5 Å². The fourth-order valence-corrected chi connectivity index (χ4v) is 1.78. The van der Waals surface area contributed by atoms with E-state index in [0.29, 0.717) is 5.75 Å². The standard InChI is InChI=1S/C14H15NO.BrH/c1-2-8-15-9-4-6-13(11-15)12-5-3-7-14(16)10-12;/h3-7,9-11H,2,8H2,1H3;1H. The van der Waals surface area contributed by atoms with Crippen molar-refractivity contribution in [2.45, 2.75) is 19.9 Å². The Labute approximate surface area is 112 Å². The molecule has 0 saturated heterocycles. The number of hydrogen-bond donors (Lipinski definition) is 1. The Hall–Kier alpha value is -1.35. The number of rotatable bonds is 3. The van der Waals surface area contributed by atoms with Crippen molar-refractivity contribution in [3.05, 3.63) is 48.8 Å². The highest BCUT2D eigenvalue weighted by Gasteiger charge is 2.04. The number of pyridine rings is 1. The van der Waals surface area contributed by atoms with Crippen molar-refractivity contribution < 1.29 is 26.7 Å². The van der Waals surface area contributed by atoms with Crippen molar-refractivity contribution in [1.29, 1.82) is 0 Å². The third-order valence-corrected chi connectivity index (χ3v) is 2.52. The second kappa shape index (κ2) is 6.40. The average molecular weight is 294 g/mol. The van der Waals surface area contributed by atoms with Crippen molar-refractivity contribution in [3.8, 4) is 16.9 Å². The molecule has 17 heavy (non-hydrogen) atoms. The van der Waals surface area contributed by atoms with Gasteiger partial charge in [0.1, 0.15) is 12.3 Å². The summed E-state index contributed by atoms with van der Waals surface area (Å²) in [5.41, 5.74) is 2.18. The van der Waals surface area contributed by atoms with Gasteiger partial charge in [-0.3, -0.25) is 0 Å². The molecule has 1 aromatic heterocycles. The minimum absolute atomic E-state index is 0. The summed E-state index contributed by atoms with van der Waals surface area (Å²) < 4.78 is 2.17. The highest BCUT2D eigenvalue weighted by molar-refractivity contribution is 5.63. The zero-order chi connectivity index (χ0) is 11.4. The molecule has 0 radical (unpaired) electrons. The first-order chi connectivity index (χ1) is 7.79. The zero-order valence-corrected chi connectivity index (χ0v) is 11.4. The van der Waals surface area contributed by atoms with Gasteiger partial charge in [-0.25, -0.2) is 4.57 Å². The first kappa shape index (κ1) is 13.7. The molecule has 1 heterocycles. The van der Waals surface area contributed by atoms with Gasteiger partial charge in [-0.15, -0.1) is 0 Å². The monoisotopic (exact) mass is 293 g/mol. The summed E-state index contributed by atoms with van der Waals surface area (Å²) in [5.74, 6) is 0.309. The molecule has 0 aliphatic heterocycles. The van der Waals surface area contributed by atoms with Gasteiger partial charge < -0.3 is 22.1 Å². The summed E-state index contributed by atoms with van der Waals surface area (Å²) in [6.45, 7) is 3.18. The zero-order valence-electron chi connectivity index (χ0n) is 9.81. The molecular formula is C14H16BrNO. The molecule has 3 heteroatoms. The van der Waals surface area contributed by atoms with E-state index in [-0.39, 0.29) is 17.0 Å². The third kappa shape index (κ3) is 3.56. The normalized spacial score (nSPS) is 9.71. The molecule has 0 saturated carbocycles. The first-order valence-corrected chi connectivity index (χ1v) is 5.58. The Balaban J connectivity index is 0.00000144. The second-order valence-corrected chi connectivity index (χ2v) is 3.88. The van der Waals surface area contributed by atoms with Crippen LogP contribution >= 0.6 is 0 Å². The average Bonchev–Trinajstić information content (AvgIpc) is 2.30. The maximum Gasteiger partial charge on any atom is 0.176 e. The molecule has 0 fully saturated rings. The number of phenols is 1. The highest BCUT2D eigenvalue weighted by Crippen LogP contribution is 2.21. The number of aromatic hydroxyl groups is 1. The largest absolute Gasteiger partial charge is 1.00 e.